The van der Waals surface area contributed by atoms with Gasteiger partial charge in [-0.25, -0.2) is 0 Å². The van der Waals surface area contributed by atoms with Gasteiger partial charge >= 0.3 is 0 Å². The molecule has 0 unspecified atom stereocenters. The van der Waals surface area contributed by atoms with Gasteiger partial charge < -0.3 is 26.8 Å². The standard InChI is InChI=1S/C23H25N9O2/c1-32-11-14-9-15(10-16(19(14)31-32)13-5-3-2-4-6-13)26-22-20(21(25)33)29-30-23(28-22)27-18-7-8-34-12-17(18)24/h2-6,9-11,17-18H,7-8,12,24H2,1H3,(H2,25,33)(H2,26,27,28,30)/t17-,18+/m0/s1. The molecule has 0 spiro atoms. The van der Waals surface area contributed by atoms with Crippen molar-refractivity contribution in [1.29, 1.82) is 0 Å². The number of primary amides is 1. The smallest absolute Gasteiger partial charge is 0.273 e. The van der Waals surface area contributed by atoms with E-state index >= 15 is 0 Å². The van der Waals surface area contributed by atoms with E-state index in [1.54, 1.807) is 4.68 Å². The van der Waals surface area contributed by atoms with E-state index in [0.29, 0.717) is 25.3 Å². The van der Waals surface area contributed by atoms with E-state index in [2.05, 4.69) is 30.9 Å². The zero-order chi connectivity index (χ0) is 23.7. The van der Waals surface area contributed by atoms with E-state index < -0.39 is 5.91 Å². The third-order valence-corrected chi connectivity index (χ3v) is 5.71. The fraction of sp³-hybridized carbons (Fsp3) is 0.261. The molecular weight excluding hydrogens is 434 g/mol. The maximum absolute atomic E-state index is 12.0. The van der Waals surface area contributed by atoms with Crippen LogP contribution in [0.4, 0.5) is 17.5 Å². The highest BCUT2D eigenvalue weighted by Crippen LogP contribution is 2.32. The molecule has 1 saturated heterocycles. The van der Waals surface area contributed by atoms with Crippen molar-refractivity contribution in [3.63, 3.8) is 0 Å². The van der Waals surface area contributed by atoms with E-state index in [1.807, 2.05) is 55.7 Å². The lowest BCUT2D eigenvalue weighted by Crippen LogP contribution is -2.48. The maximum Gasteiger partial charge on any atom is 0.273 e. The summed E-state index contributed by atoms with van der Waals surface area (Å²) < 4.78 is 7.15. The quantitative estimate of drug-likeness (QED) is 0.337. The average molecular weight is 460 g/mol. The van der Waals surface area contributed by atoms with Crippen LogP contribution in [0, 0.1) is 0 Å². The molecule has 1 fully saturated rings. The molecule has 0 radical (unpaired) electrons. The third-order valence-electron chi connectivity index (χ3n) is 5.71. The first-order chi connectivity index (χ1) is 16.5. The third kappa shape index (κ3) is 4.38. The van der Waals surface area contributed by atoms with Gasteiger partial charge in [-0.2, -0.15) is 10.1 Å². The minimum Gasteiger partial charge on any atom is -0.380 e. The Morgan fingerprint density at radius 2 is 2.03 bits per heavy atom. The molecule has 174 valence electrons. The predicted octanol–water partition coefficient (Wildman–Crippen LogP) is 1.80. The number of carbonyl (C=O) groups is 1. The topological polar surface area (TPSA) is 159 Å². The van der Waals surface area contributed by atoms with E-state index in [-0.39, 0.29) is 29.5 Å². The van der Waals surface area contributed by atoms with Crippen molar-refractivity contribution >= 4 is 34.3 Å². The Kier molecular flexibility index (Phi) is 5.78. The molecule has 5 rings (SSSR count). The first kappa shape index (κ1) is 21.7. The maximum atomic E-state index is 12.0. The number of rotatable bonds is 6. The van der Waals surface area contributed by atoms with Gasteiger partial charge in [0.05, 0.1) is 6.61 Å². The number of nitrogens with one attached hydrogen (secondary N) is 2. The van der Waals surface area contributed by atoms with Crippen molar-refractivity contribution in [3.8, 4) is 11.1 Å². The summed E-state index contributed by atoms with van der Waals surface area (Å²) in [5.41, 5.74) is 15.1. The van der Waals surface area contributed by atoms with E-state index in [0.717, 1.165) is 22.0 Å². The first-order valence-corrected chi connectivity index (χ1v) is 10.9. The van der Waals surface area contributed by atoms with Gasteiger partial charge in [-0.15, -0.1) is 10.2 Å². The van der Waals surface area contributed by atoms with Crippen molar-refractivity contribution in [1.82, 2.24) is 25.0 Å². The highest BCUT2D eigenvalue weighted by molar-refractivity contribution is 5.99. The zero-order valence-electron chi connectivity index (χ0n) is 18.6. The number of fused-ring (bicyclic) bond motifs is 1. The zero-order valence-corrected chi connectivity index (χ0v) is 18.6. The van der Waals surface area contributed by atoms with Crippen LogP contribution in [0.5, 0.6) is 0 Å². The molecule has 1 aliphatic heterocycles. The summed E-state index contributed by atoms with van der Waals surface area (Å²) in [7, 11) is 1.88. The normalized spacial score (nSPS) is 18.1. The second kappa shape index (κ2) is 9.04. The summed E-state index contributed by atoms with van der Waals surface area (Å²) in [6.07, 6.45) is 2.64. The molecule has 1 aliphatic rings. The van der Waals surface area contributed by atoms with Gasteiger partial charge in [-0.1, -0.05) is 30.3 Å². The van der Waals surface area contributed by atoms with Gasteiger partial charge in [0.15, 0.2) is 11.5 Å². The number of hydrogen-bond donors (Lipinski definition) is 4. The summed E-state index contributed by atoms with van der Waals surface area (Å²) >= 11 is 0. The first-order valence-electron chi connectivity index (χ1n) is 10.9. The lowest BCUT2D eigenvalue weighted by molar-refractivity contribution is 0.0751. The molecule has 3 heterocycles. The summed E-state index contributed by atoms with van der Waals surface area (Å²) in [6, 6.07) is 13.6. The van der Waals surface area contributed by atoms with Crippen molar-refractivity contribution in [2.24, 2.45) is 18.5 Å². The number of carbonyl (C=O) groups excluding carboxylic acids is 1. The van der Waals surface area contributed by atoms with Gasteiger partial charge in [-0.3, -0.25) is 9.48 Å². The van der Waals surface area contributed by atoms with Crippen molar-refractivity contribution in [3.05, 3.63) is 54.4 Å². The monoisotopic (exact) mass is 459 g/mol. The van der Waals surface area contributed by atoms with Gasteiger partial charge in [0.2, 0.25) is 5.95 Å². The number of aromatic nitrogens is 5. The van der Waals surface area contributed by atoms with Crippen LogP contribution in [0.25, 0.3) is 22.0 Å². The van der Waals surface area contributed by atoms with Crippen molar-refractivity contribution in [2.75, 3.05) is 23.8 Å². The van der Waals surface area contributed by atoms with Gasteiger partial charge in [0.1, 0.15) is 5.52 Å². The summed E-state index contributed by atoms with van der Waals surface area (Å²) in [5, 5.41) is 20.0. The molecule has 11 nitrogen and oxygen atoms in total. The van der Waals surface area contributed by atoms with E-state index in [9.17, 15) is 4.79 Å². The molecule has 11 heteroatoms. The molecule has 2 atom stereocenters. The minimum absolute atomic E-state index is 0.0608. The van der Waals surface area contributed by atoms with E-state index in [1.165, 1.54) is 0 Å². The van der Waals surface area contributed by atoms with Crippen LogP contribution in [-0.4, -0.2) is 56.2 Å². The van der Waals surface area contributed by atoms with Crippen LogP contribution >= 0.6 is 0 Å². The minimum atomic E-state index is -0.734. The molecule has 0 saturated carbocycles. The Morgan fingerprint density at radius 1 is 1.21 bits per heavy atom. The van der Waals surface area contributed by atoms with Crippen LogP contribution in [-0.2, 0) is 11.8 Å². The Bertz CT molecular complexity index is 1340. The van der Waals surface area contributed by atoms with Gasteiger partial charge in [0, 0.05) is 48.6 Å². The number of ether oxygens (including phenoxy) is 1. The number of nitrogens with two attached hydrogens (primary N) is 2. The largest absolute Gasteiger partial charge is 0.380 e. The molecule has 0 bridgehead atoms. The molecular formula is C23H25N9O2. The van der Waals surface area contributed by atoms with Crippen LogP contribution in [0.2, 0.25) is 0 Å². The van der Waals surface area contributed by atoms with Crippen LogP contribution in [0.3, 0.4) is 0 Å². The molecule has 0 aliphatic carbocycles. The fourth-order valence-corrected chi connectivity index (χ4v) is 4.05. The van der Waals surface area contributed by atoms with Crippen LogP contribution in [0.15, 0.2) is 48.7 Å². The average Bonchev–Trinajstić information content (AvgIpc) is 3.20. The number of aryl methyl sites for hydroxylation is 1. The molecule has 2 aromatic heterocycles. The Balaban J connectivity index is 1.53. The lowest BCUT2D eigenvalue weighted by Gasteiger charge is -2.29. The molecule has 4 aromatic rings. The van der Waals surface area contributed by atoms with Crippen molar-refractivity contribution < 1.29 is 9.53 Å². The molecule has 2 aromatic carbocycles. The highest BCUT2D eigenvalue weighted by atomic mass is 16.5. The Morgan fingerprint density at radius 3 is 2.79 bits per heavy atom. The van der Waals surface area contributed by atoms with Gasteiger partial charge in [-0.05, 0) is 24.1 Å². The van der Waals surface area contributed by atoms with Crippen LogP contribution < -0.4 is 22.1 Å². The number of hydrogen-bond acceptors (Lipinski definition) is 9. The fourth-order valence-electron chi connectivity index (χ4n) is 4.05. The molecule has 1 amide bonds. The number of amides is 1. The summed E-state index contributed by atoms with van der Waals surface area (Å²) in [6.45, 7) is 1.04. The second-order valence-electron chi connectivity index (χ2n) is 8.23. The Hall–Kier alpha value is -4.09. The SMILES string of the molecule is Cn1cc2cc(Nc3nc(N[C@@H]4CCOC[C@@H]4N)nnc3C(N)=O)cc(-c3ccccc3)c2n1. The Labute approximate surface area is 195 Å². The molecule has 6 N–H and O–H groups in total. The number of anilines is 3. The van der Waals surface area contributed by atoms with E-state index in [4.69, 9.17) is 16.2 Å². The number of benzene rings is 2. The van der Waals surface area contributed by atoms with Crippen molar-refractivity contribution in [2.45, 2.75) is 18.5 Å². The lowest BCUT2D eigenvalue weighted by atomic mass is 10.0. The van der Waals surface area contributed by atoms with Gasteiger partial charge in [0.25, 0.3) is 5.91 Å². The second-order valence-corrected chi connectivity index (χ2v) is 8.23. The summed E-state index contributed by atoms with van der Waals surface area (Å²) in [5.74, 6) is -0.281. The molecule has 34 heavy (non-hydrogen) atoms. The van der Waals surface area contributed by atoms with Crippen LogP contribution in [0.1, 0.15) is 16.9 Å². The predicted molar refractivity (Wildman–Crippen MR) is 129 cm³/mol. The summed E-state index contributed by atoms with van der Waals surface area (Å²) in [4.78, 5) is 16.5. The highest BCUT2D eigenvalue weighted by Gasteiger charge is 2.24. The number of nitrogens with zero attached hydrogens (tertiary/aromatic N) is 5.